The molecule has 5 heteroatoms. The lowest BCUT2D eigenvalue weighted by atomic mass is 10.4. The van der Waals surface area contributed by atoms with Crippen LogP contribution in [0.2, 0.25) is 5.15 Å². The maximum atomic E-state index is 5.98. The normalized spacial score (nSPS) is 10.4. The van der Waals surface area contributed by atoms with Crippen LogP contribution in [0.4, 0.5) is 5.69 Å². The molecule has 0 aliphatic carbocycles. The van der Waals surface area contributed by atoms with E-state index in [1.165, 1.54) is 9.75 Å². The van der Waals surface area contributed by atoms with E-state index in [-0.39, 0.29) is 0 Å². The predicted molar refractivity (Wildman–Crippen MR) is 73.3 cm³/mol. The van der Waals surface area contributed by atoms with Crippen molar-refractivity contribution < 1.29 is 0 Å². The van der Waals surface area contributed by atoms with Gasteiger partial charge >= 0.3 is 0 Å². The molecule has 2 aromatic rings. The Morgan fingerprint density at radius 1 is 1.50 bits per heavy atom. The summed E-state index contributed by atoms with van der Waals surface area (Å²) in [6, 6.07) is 6.16. The number of nitrogens with zero attached hydrogens (tertiary/aromatic N) is 1. The molecule has 16 heavy (non-hydrogen) atoms. The van der Waals surface area contributed by atoms with Crippen molar-refractivity contribution in [1.29, 1.82) is 0 Å². The van der Waals surface area contributed by atoms with Crippen molar-refractivity contribution in [3.8, 4) is 0 Å². The molecule has 0 fully saturated rings. The number of thiophene rings is 1. The van der Waals surface area contributed by atoms with Gasteiger partial charge in [0.2, 0.25) is 0 Å². The average Bonchev–Trinajstić information content (AvgIpc) is 2.66. The van der Waals surface area contributed by atoms with E-state index < -0.39 is 0 Å². The first kappa shape index (κ1) is 11.9. The summed E-state index contributed by atoms with van der Waals surface area (Å²) in [5.41, 5.74) is 0.849. The molecule has 0 atom stereocenters. The number of rotatable bonds is 3. The molecule has 2 rings (SSSR count). The molecule has 2 nitrogen and oxygen atoms in total. The number of halogens is 2. The standard InChI is InChI=1S/C11H10BrClN2S/c1-7-2-3-9(16-7)6-14-10-4-8(12)5-15-11(10)13/h2-5,14H,6H2,1H3. The van der Waals surface area contributed by atoms with Crippen molar-refractivity contribution in [2.45, 2.75) is 13.5 Å². The monoisotopic (exact) mass is 316 g/mol. The van der Waals surface area contributed by atoms with Gasteiger partial charge in [-0.1, -0.05) is 11.6 Å². The Balaban J connectivity index is 2.07. The molecule has 0 saturated carbocycles. The van der Waals surface area contributed by atoms with Crippen LogP contribution in [0, 0.1) is 6.92 Å². The van der Waals surface area contributed by atoms with Gasteiger partial charge in [0.15, 0.2) is 5.15 Å². The first-order chi connectivity index (χ1) is 7.65. The fraction of sp³-hybridized carbons (Fsp3) is 0.182. The van der Waals surface area contributed by atoms with E-state index in [0.29, 0.717) is 5.15 Å². The van der Waals surface area contributed by atoms with Crippen molar-refractivity contribution in [3.63, 3.8) is 0 Å². The van der Waals surface area contributed by atoms with E-state index >= 15 is 0 Å². The molecule has 0 aliphatic rings. The second-order valence-corrected chi connectivity index (χ2v) is 6.00. The Hall–Kier alpha value is -0.580. The smallest absolute Gasteiger partial charge is 0.152 e. The van der Waals surface area contributed by atoms with E-state index in [4.69, 9.17) is 11.6 Å². The fourth-order valence-electron chi connectivity index (χ4n) is 1.31. The van der Waals surface area contributed by atoms with Gasteiger partial charge in [-0.05, 0) is 41.1 Å². The van der Waals surface area contributed by atoms with Crippen molar-refractivity contribution in [2.75, 3.05) is 5.32 Å². The number of hydrogen-bond acceptors (Lipinski definition) is 3. The molecule has 0 radical (unpaired) electrons. The van der Waals surface area contributed by atoms with Crippen molar-refractivity contribution in [1.82, 2.24) is 4.98 Å². The van der Waals surface area contributed by atoms with Gasteiger partial charge in [-0.2, -0.15) is 0 Å². The molecular formula is C11H10BrClN2S. The zero-order valence-electron chi connectivity index (χ0n) is 8.63. The van der Waals surface area contributed by atoms with Gasteiger partial charge in [0.05, 0.1) is 5.69 Å². The van der Waals surface area contributed by atoms with Crippen LogP contribution in [0.25, 0.3) is 0 Å². The summed E-state index contributed by atoms with van der Waals surface area (Å²) in [6.45, 7) is 2.87. The fourth-order valence-corrected chi connectivity index (χ4v) is 2.64. The van der Waals surface area contributed by atoms with Gasteiger partial charge in [-0.3, -0.25) is 0 Å². The number of hydrogen-bond donors (Lipinski definition) is 1. The Morgan fingerprint density at radius 2 is 2.31 bits per heavy atom. The molecule has 0 bridgehead atoms. The molecular weight excluding hydrogens is 308 g/mol. The lowest BCUT2D eigenvalue weighted by Gasteiger charge is -2.06. The molecule has 0 spiro atoms. The van der Waals surface area contributed by atoms with Crippen LogP contribution in [0.5, 0.6) is 0 Å². The largest absolute Gasteiger partial charge is 0.378 e. The van der Waals surface area contributed by atoms with Crippen LogP contribution >= 0.6 is 38.9 Å². The molecule has 2 heterocycles. The first-order valence-corrected chi connectivity index (χ1v) is 6.74. The summed E-state index contributed by atoms with van der Waals surface area (Å²) in [5.74, 6) is 0. The SMILES string of the molecule is Cc1ccc(CNc2cc(Br)cnc2Cl)s1. The summed E-state index contributed by atoms with van der Waals surface area (Å²) < 4.78 is 0.918. The highest BCUT2D eigenvalue weighted by Gasteiger charge is 2.03. The number of aryl methyl sites for hydroxylation is 1. The molecule has 1 N–H and O–H groups in total. The summed E-state index contributed by atoms with van der Waals surface area (Å²) in [5, 5.41) is 3.77. The van der Waals surface area contributed by atoms with Gasteiger partial charge in [-0.15, -0.1) is 11.3 Å². The van der Waals surface area contributed by atoms with E-state index in [1.807, 2.05) is 6.07 Å². The lowest BCUT2D eigenvalue weighted by Crippen LogP contribution is -1.98. The topological polar surface area (TPSA) is 24.9 Å². The van der Waals surface area contributed by atoms with Gasteiger partial charge in [0.25, 0.3) is 0 Å². The van der Waals surface area contributed by atoms with Crippen molar-refractivity contribution in [2.24, 2.45) is 0 Å². The molecule has 84 valence electrons. The van der Waals surface area contributed by atoms with Gasteiger partial charge in [0, 0.05) is 27.0 Å². The van der Waals surface area contributed by atoms with E-state index in [0.717, 1.165) is 16.7 Å². The van der Waals surface area contributed by atoms with Gasteiger partial charge < -0.3 is 5.32 Å². The number of pyridine rings is 1. The Kier molecular flexibility index (Phi) is 3.84. The third kappa shape index (κ3) is 2.97. The second-order valence-electron chi connectivity index (χ2n) is 3.36. The molecule has 0 amide bonds. The number of nitrogens with one attached hydrogen (secondary N) is 1. The minimum atomic E-state index is 0.497. The summed E-state index contributed by atoms with van der Waals surface area (Å²) in [7, 11) is 0. The lowest BCUT2D eigenvalue weighted by molar-refractivity contribution is 1.17. The van der Waals surface area contributed by atoms with Crippen LogP contribution in [0.3, 0.4) is 0 Å². The third-order valence-corrected chi connectivity index (χ3v) is 3.79. The Bertz CT molecular complexity index is 498. The highest BCUT2D eigenvalue weighted by molar-refractivity contribution is 9.10. The van der Waals surface area contributed by atoms with Gasteiger partial charge in [0.1, 0.15) is 0 Å². The van der Waals surface area contributed by atoms with E-state index in [9.17, 15) is 0 Å². The minimum absolute atomic E-state index is 0.497. The van der Waals surface area contributed by atoms with Crippen LogP contribution in [-0.2, 0) is 6.54 Å². The highest BCUT2D eigenvalue weighted by atomic mass is 79.9. The minimum Gasteiger partial charge on any atom is -0.378 e. The molecule has 0 unspecified atom stereocenters. The van der Waals surface area contributed by atoms with Crippen molar-refractivity contribution >= 4 is 44.6 Å². The maximum Gasteiger partial charge on any atom is 0.152 e. The second kappa shape index (κ2) is 5.17. The summed E-state index contributed by atoms with van der Waals surface area (Å²) in [6.07, 6.45) is 1.68. The van der Waals surface area contributed by atoms with Crippen LogP contribution in [0.15, 0.2) is 28.9 Å². The van der Waals surface area contributed by atoms with Crippen LogP contribution < -0.4 is 5.32 Å². The van der Waals surface area contributed by atoms with Crippen LogP contribution in [-0.4, -0.2) is 4.98 Å². The van der Waals surface area contributed by atoms with E-state index in [1.54, 1.807) is 17.5 Å². The van der Waals surface area contributed by atoms with Crippen LogP contribution in [0.1, 0.15) is 9.75 Å². The molecule has 2 aromatic heterocycles. The zero-order valence-corrected chi connectivity index (χ0v) is 11.8. The summed E-state index contributed by atoms with van der Waals surface area (Å²) >= 11 is 11.1. The quantitative estimate of drug-likeness (QED) is 0.844. The maximum absolute atomic E-state index is 5.98. The number of aromatic nitrogens is 1. The molecule has 0 saturated heterocycles. The molecule has 0 aliphatic heterocycles. The van der Waals surface area contributed by atoms with E-state index in [2.05, 4.69) is 45.3 Å². The van der Waals surface area contributed by atoms with Gasteiger partial charge in [-0.25, -0.2) is 4.98 Å². The third-order valence-electron chi connectivity index (χ3n) is 2.05. The molecule has 0 aromatic carbocycles. The Labute approximate surface area is 112 Å². The van der Waals surface area contributed by atoms with Crippen molar-refractivity contribution in [3.05, 3.63) is 43.8 Å². The Morgan fingerprint density at radius 3 is 3.00 bits per heavy atom. The zero-order chi connectivity index (χ0) is 11.5. The highest BCUT2D eigenvalue weighted by Crippen LogP contribution is 2.24. The first-order valence-electron chi connectivity index (χ1n) is 4.75. The predicted octanol–water partition coefficient (Wildman–Crippen LogP) is 4.48. The number of anilines is 1. The average molecular weight is 318 g/mol. The summed E-state index contributed by atoms with van der Waals surface area (Å²) in [4.78, 5) is 6.66.